The summed E-state index contributed by atoms with van der Waals surface area (Å²) in [4.78, 5) is 25.8. The van der Waals surface area contributed by atoms with Crippen LogP contribution in [0.4, 0.5) is 11.5 Å². The van der Waals surface area contributed by atoms with Crippen molar-refractivity contribution in [3.8, 4) is 0 Å². The minimum Gasteiger partial charge on any atom is -0.465 e. The number of amides is 1. The van der Waals surface area contributed by atoms with Crippen molar-refractivity contribution in [2.75, 3.05) is 25.1 Å². The Morgan fingerprint density at radius 3 is 2.48 bits per heavy atom. The molecular formula is C16H16N4O3. The van der Waals surface area contributed by atoms with Gasteiger partial charge in [-0.3, -0.25) is 9.69 Å². The van der Waals surface area contributed by atoms with Gasteiger partial charge in [-0.05, 0) is 36.4 Å². The molecule has 1 aliphatic heterocycles. The Bertz CT molecular complexity index is 699. The number of methoxy groups -OCH3 is 1. The predicted octanol–water partition coefficient (Wildman–Crippen LogP) is 1.15. The van der Waals surface area contributed by atoms with Crippen molar-refractivity contribution in [3.05, 3.63) is 48.2 Å². The van der Waals surface area contributed by atoms with E-state index in [9.17, 15) is 9.59 Å². The number of carbonyl (C=O) groups is 2. The summed E-state index contributed by atoms with van der Waals surface area (Å²) in [6.07, 6.45) is 1.55. The van der Waals surface area contributed by atoms with Crippen LogP contribution in [0.2, 0.25) is 0 Å². The van der Waals surface area contributed by atoms with Gasteiger partial charge < -0.3 is 10.1 Å². The normalized spacial score (nSPS) is 14.0. The van der Waals surface area contributed by atoms with Crippen molar-refractivity contribution in [2.45, 2.75) is 0 Å². The molecule has 0 unspecified atom stereocenters. The minimum atomic E-state index is -0.419. The number of nitrogens with one attached hydrogen (secondary N) is 1. The Hall–Kier alpha value is -2.80. The summed E-state index contributed by atoms with van der Waals surface area (Å²) in [7, 11) is 1.33. The molecule has 0 saturated carbocycles. The average molecular weight is 312 g/mol. The van der Waals surface area contributed by atoms with Gasteiger partial charge in [0.25, 0.3) is 0 Å². The average Bonchev–Trinajstić information content (AvgIpc) is 2.54. The van der Waals surface area contributed by atoms with Crippen LogP contribution in [0.1, 0.15) is 10.4 Å². The third kappa shape index (κ3) is 3.04. The highest BCUT2D eigenvalue weighted by Crippen LogP contribution is 2.26. The van der Waals surface area contributed by atoms with E-state index in [0.717, 1.165) is 0 Å². The first kappa shape index (κ1) is 15.1. The summed E-state index contributed by atoms with van der Waals surface area (Å²) < 4.78 is 4.68. The summed E-state index contributed by atoms with van der Waals surface area (Å²) in [5.41, 5.74) is 1.06. The van der Waals surface area contributed by atoms with Crippen LogP contribution in [0.3, 0.4) is 0 Å². The fraction of sp³-hybridized carbons (Fsp3) is 0.250. The van der Waals surface area contributed by atoms with Gasteiger partial charge in [-0.1, -0.05) is 0 Å². The van der Waals surface area contributed by atoms with Crippen LogP contribution in [0.25, 0.3) is 0 Å². The predicted molar refractivity (Wildman–Crippen MR) is 83.3 cm³/mol. The molecule has 0 bridgehead atoms. The molecule has 7 nitrogen and oxygen atoms in total. The van der Waals surface area contributed by atoms with Crippen LogP contribution in [-0.2, 0) is 9.53 Å². The Labute approximate surface area is 133 Å². The van der Waals surface area contributed by atoms with Crippen LogP contribution in [0, 0.1) is 5.92 Å². The van der Waals surface area contributed by atoms with Gasteiger partial charge in [0, 0.05) is 19.3 Å². The Morgan fingerprint density at radius 1 is 1.22 bits per heavy atom. The van der Waals surface area contributed by atoms with Crippen LogP contribution in [-0.4, -0.2) is 42.3 Å². The van der Waals surface area contributed by atoms with Gasteiger partial charge in [-0.25, -0.2) is 4.79 Å². The summed E-state index contributed by atoms with van der Waals surface area (Å²) in [6, 6.07) is 10.1. The molecule has 0 aliphatic carbocycles. The van der Waals surface area contributed by atoms with E-state index in [-0.39, 0.29) is 11.8 Å². The zero-order valence-electron chi connectivity index (χ0n) is 12.6. The van der Waals surface area contributed by atoms with E-state index in [2.05, 4.69) is 20.3 Å². The van der Waals surface area contributed by atoms with Crippen molar-refractivity contribution in [2.24, 2.45) is 5.92 Å². The van der Waals surface area contributed by atoms with Gasteiger partial charge in [0.2, 0.25) is 5.91 Å². The largest absolute Gasteiger partial charge is 0.465 e. The van der Waals surface area contributed by atoms with E-state index < -0.39 is 5.97 Å². The minimum absolute atomic E-state index is 0.0462. The maximum absolute atomic E-state index is 12.7. The molecule has 118 valence electrons. The summed E-state index contributed by atoms with van der Waals surface area (Å²) in [5, 5.41) is 11.0. The highest BCUT2D eigenvalue weighted by atomic mass is 16.5. The fourth-order valence-electron chi connectivity index (χ4n) is 2.30. The van der Waals surface area contributed by atoms with E-state index in [1.807, 2.05) is 0 Å². The molecule has 0 spiro atoms. The molecule has 3 rings (SSSR count). The topological polar surface area (TPSA) is 84.4 Å². The van der Waals surface area contributed by atoms with Gasteiger partial charge in [0.05, 0.1) is 24.3 Å². The van der Waals surface area contributed by atoms with E-state index in [4.69, 9.17) is 0 Å². The molecule has 1 aromatic heterocycles. The lowest BCUT2D eigenvalue weighted by Gasteiger charge is -2.31. The second-order valence-electron chi connectivity index (χ2n) is 5.15. The number of ether oxygens (including phenoxy) is 1. The molecule has 1 aliphatic rings. The Balaban J connectivity index is 1.94. The first-order valence-electron chi connectivity index (χ1n) is 7.21. The van der Waals surface area contributed by atoms with Crippen molar-refractivity contribution in [1.29, 1.82) is 0 Å². The molecule has 23 heavy (non-hydrogen) atoms. The number of aromatic nitrogens is 2. The first-order valence-corrected chi connectivity index (χ1v) is 7.21. The van der Waals surface area contributed by atoms with E-state index in [1.54, 1.807) is 42.6 Å². The van der Waals surface area contributed by atoms with Crippen LogP contribution in [0.5, 0.6) is 0 Å². The van der Waals surface area contributed by atoms with Crippen molar-refractivity contribution >= 4 is 23.4 Å². The monoisotopic (exact) mass is 312 g/mol. The molecule has 2 aromatic rings. The lowest BCUT2D eigenvalue weighted by atomic mass is 10.0. The number of esters is 1. The molecule has 2 heterocycles. The van der Waals surface area contributed by atoms with E-state index in [0.29, 0.717) is 30.2 Å². The number of carbonyl (C=O) groups excluding carboxylic acids is 2. The smallest absolute Gasteiger partial charge is 0.337 e. The molecule has 7 heteroatoms. The maximum Gasteiger partial charge on any atom is 0.337 e. The molecule has 0 atom stereocenters. The zero-order valence-corrected chi connectivity index (χ0v) is 12.6. The number of rotatable bonds is 4. The molecule has 1 saturated heterocycles. The Morgan fingerprint density at radius 2 is 1.96 bits per heavy atom. The van der Waals surface area contributed by atoms with Gasteiger partial charge in [0.15, 0.2) is 5.82 Å². The van der Waals surface area contributed by atoms with Gasteiger partial charge >= 0.3 is 5.97 Å². The van der Waals surface area contributed by atoms with E-state index >= 15 is 0 Å². The zero-order chi connectivity index (χ0) is 16.2. The third-order valence-corrected chi connectivity index (χ3v) is 3.69. The number of hydrogen-bond acceptors (Lipinski definition) is 6. The molecular weight excluding hydrogens is 296 g/mol. The third-order valence-electron chi connectivity index (χ3n) is 3.69. The van der Waals surface area contributed by atoms with Crippen LogP contribution in [0.15, 0.2) is 42.6 Å². The summed E-state index contributed by atoms with van der Waals surface area (Å²) in [6.45, 7) is 1.30. The molecule has 0 radical (unpaired) electrons. The molecule has 1 amide bonds. The van der Waals surface area contributed by atoms with Gasteiger partial charge in [0.1, 0.15) is 0 Å². The fourth-order valence-corrected chi connectivity index (χ4v) is 2.30. The number of hydrogen-bond donors (Lipinski definition) is 1. The number of anilines is 2. The molecule has 1 fully saturated rings. The highest BCUT2D eigenvalue weighted by molar-refractivity contribution is 6.02. The summed E-state index contributed by atoms with van der Waals surface area (Å²) >= 11 is 0. The van der Waals surface area contributed by atoms with Gasteiger partial charge in [-0.15, -0.1) is 5.10 Å². The quantitative estimate of drug-likeness (QED) is 0.853. The Kier molecular flexibility index (Phi) is 4.29. The lowest BCUT2D eigenvalue weighted by molar-refractivity contribution is -0.123. The second-order valence-corrected chi connectivity index (χ2v) is 5.15. The molecule has 1 aromatic carbocycles. The highest BCUT2D eigenvalue weighted by Gasteiger charge is 2.31. The number of benzene rings is 1. The second kappa shape index (κ2) is 6.53. The first-order chi connectivity index (χ1) is 11.2. The van der Waals surface area contributed by atoms with E-state index in [1.165, 1.54) is 12.0 Å². The van der Waals surface area contributed by atoms with Crippen molar-refractivity contribution in [1.82, 2.24) is 15.5 Å². The van der Waals surface area contributed by atoms with Crippen LogP contribution < -0.4 is 10.2 Å². The van der Waals surface area contributed by atoms with Crippen LogP contribution >= 0.6 is 0 Å². The SMILES string of the molecule is COC(=O)c1ccc(N(C(=O)C2CNC2)c2cccnn2)cc1. The number of nitrogens with zero attached hydrogens (tertiary/aromatic N) is 3. The maximum atomic E-state index is 12.7. The summed E-state index contributed by atoms with van der Waals surface area (Å²) in [5.74, 6) is -0.0975. The van der Waals surface area contributed by atoms with Gasteiger partial charge in [-0.2, -0.15) is 5.10 Å². The standard InChI is InChI=1S/C16H16N4O3/c1-23-16(22)11-4-6-13(7-5-11)20(14-3-2-8-18-19-14)15(21)12-9-17-10-12/h2-8,12,17H,9-10H2,1H3. The lowest BCUT2D eigenvalue weighted by Crippen LogP contribution is -2.51. The van der Waals surface area contributed by atoms with Crippen molar-refractivity contribution < 1.29 is 14.3 Å². The molecule has 1 N–H and O–H groups in total. The van der Waals surface area contributed by atoms with Crippen molar-refractivity contribution in [3.63, 3.8) is 0 Å².